The van der Waals surface area contributed by atoms with Gasteiger partial charge in [0.25, 0.3) is 0 Å². The van der Waals surface area contributed by atoms with Crippen LogP contribution in [0.5, 0.6) is 0 Å². The molecule has 18 heavy (non-hydrogen) atoms. The highest BCUT2D eigenvalue weighted by Gasteiger charge is 2.14. The second-order valence-corrected chi connectivity index (χ2v) is 5.96. The van der Waals surface area contributed by atoms with Gasteiger partial charge in [-0.25, -0.2) is 4.98 Å². The lowest BCUT2D eigenvalue weighted by Crippen LogP contribution is -1.98. The van der Waals surface area contributed by atoms with Crippen LogP contribution in [0.4, 0.5) is 0 Å². The number of carboxylic acid groups (broad SMARTS) is 1. The van der Waals surface area contributed by atoms with Crippen molar-refractivity contribution in [2.45, 2.75) is 20.3 Å². The van der Waals surface area contributed by atoms with Crippen molar-refractivity contribution in [2.75, 3.05) is 0 Å². The predicted molar refractivity (Wildman–Crippen MR) is 76.1 cm³/mol. The summed E-state index contributed by atoms with van der Waals surface area (Å²) >= 11 is 4.75. The van der Waals surface area contributed by atoms with Crippen molar-refractivity contribution in [3.63, 3.8) is 0 Å². The standard InChI is InChI=1S/C13H12BrNO2S/c1-7-3-4-8(2)9(5-7)13-15-12(14)10(18-13)6-11(16)17/h3-5H,6H2,1-2H3,(H,16,17). The van der Waals surface area contributed by atoms with E-state index in [4.69, 9.17) is 5.11 Å². The van der Waals surface area contributed by atoms with Gasteiger partial charge in [-0.3, -0.25) is 4.79 Å². The molecule has 0 atom stereocenters. The summed E-state index contributed by atoms with van der Waals surface area (Å²) in [6.07, 6.45) is 0.00309. The molecule has 0 aliphatic rings. The number of halogens is 1. The highest BCUT2D eigenvalue weighted by Crippen LogP contribution is 2.33. The summed E-state index contributed by atoms with van der Waals surface area (Å²) < 4.78 is 0.630. The number of aryl methyl sites for hydroxylation is 2. The van der Waals surface area contributed by atoms with Crippen LogP contribution in [-0.2, 0) is 11.2 Å². The fourth-order valence-corrected chi connectivity index (χ4v) is 3.36. The van der Waals surface area contributed by atoms with E-state index in [1.165, 1.54) is 16.9 Å². The molecule has 1 heterocycles. The Bertz CT molecular complexity index is 607. The zero-order chi connectivity index (χ0) is 13.3. The SMILES string of the molecule is Cc1ccc(C)c(-c2nc(Br)c(CC(=O)O)s2)c1. The van der Waals surface area contributed by atoms with Crippen molar-refractivity contribution in [3.8, 4) is 10.6 Å². The molecule has 0 bridgehead atoms. The molecule has 5 heteroatoms. The van der Waals surface area contributed by atoms with Crippen LogP contribution in [-0.4, -0.2) is 16.1 Å². The zero-order valence-corrected chi connectivity index (χ0v) is 12.4. The van der Waals surface area contributed by atoms with Gasteiger partial charge in [0.05, 0.1) is 11.3 Å². The van der Waals surface area contributed by atoms with Crippen LogP contribution in [0, 0.1) is 13.8 Å². The molecule has 0 aliphatic heterocycles. The van der Waals surface area contributed by atoms with Crippen LogP contribution in [0.25, 0.3) is 10.6 Å². The molecule has 2 aromatic rings. The highest BCUT2D eigenvalue weighted by molar-refractivity contribution is 9.10. The molecule has 94 valence electrons. The van der Waals surface area contributed by atoms with Crippen LogP contribution in [0.1, 0.15) is 16.0 Å². The molecule has 0 radical (unpaired) electrons. The van der Waals surface area contributed by atoms with Gasteiger partial charge in [-0.2, -0.15) is 0 Å². The summed E-state index contributed by atoms with van der Waals surface area (Å²) in [4.78, 5) is 15.9. The van der Waals surface area contributed by atoms with Crippen molar-refractivity contribution >= 4 is 33.2 Å². The average Bonchev–Trinajstić information content (AvgIpc) is 2.63. The fourth-order valence-electron chi connectivity index (χ4n) is 1.66. The number of carboxylic acids is 1. The number of aromatic nitrogens is 1. The molecule has 2 rings (SSSR count). The predicted octanol–water partition coefficient (Wildman–Crippen LogP) is 3.82. The van der Waals surface area contributed by atoms with Crippen LogP contribution >= 0.6 is 27.3 Å². The fraction of sp³-hybridized carbons (Fsp3) is 0.231. The number of hydrogen-bond donors (Lipinski definition) is 1. The Morgan fingerprint density at radius 1 is 1.44 bits per heavy atom. The maximum absolute atomic E-state index is 10.7. The molecule has 0 unspecified atom stereocenters. The molecule has 0 saturated carbocycles. The Hall–Kier alpha value is -1.20. The summed E-state index contributed by atoms with van der Waals surface area (Å²) in [6, 6.07) is 6.18. The van der Waals surface area contributed by atoms with Crippen LogP contribution in [0.15, 0.2) is 22.8 Å². The Morgan fingerprint density at radius 3 is 2.83 bits per heavy atom. The van der Waals surface area contributed by atoms with Gasteiger partial charge in [0, 0.05) is 5.56 Å². The second-order valence-electron chi connectivity index (χ2n) is 4.12. The minimum absolute atomic E-state index is 0.00309. The number of rotatable bonds is 3. The van der Waals surface area contributed by atoms with Crippen molar-refractivity contribution in [2.24, 2.45) is 0 Å². The monoisotopic (exact) mass is 325 g/mol. The summed E-state index contributed by atoms with van der Waals surface area (Å²) in [5, 5.41) is 9.69. The smallest absolute Gasteiger partial charge is 0.308 e. The summed E-state index contributed by atoms with van der Waals surface area (Å²) in [5.74, 6) is -0.841. The van der Waals surface area contributed by atoms with E-state index in [1.807, 2.05) is 13.8 Å². The Balaban J connectivity index is 2.45. The largest absolute Gasteiger partial charge is 0.481 e. The van der Waals surface area contributed by atoms with Crippen molar-refractivity contribution in [1.29, 1.82) is 0 Å². The van der Waals surface area contributed by atoms with Crippen LogP contribution < -0.4 is 0 Å². The zero-order valence-electron chi connectivity index (χ0n) is 10.0. The van der Waals surface area contributed by atoms with E-state index < -0.39 is 5.97 Å². The summed E-state index contributed by atoms with van der Waals surface area (Å²) in [5.41, 5.74) is 3.38. The average molecular weight is 326 g/mol. The first-order valence-corrected chi connectivity index (χ1v) is 7.03. The molecular formula is C13H12BrNO2S. The second kappa shape index (κ2) is 5.20. The molecule has 1 aromatic carbocycles. The van der Waals surface area contributed by atoms with Gasteiger partial charge in [-0.15, -0.1) is 11.3 Å². The number of hydrogen-bond acceptors (Lipinski definition) is 3. The Kier molecular flexibility index (Phi) is 3.82. The molecule has 0 saturated heterocycles. The molecule has 0 aliphatic carbocycles. The molecule has 1 aromatic heterocycles. The first-order valence-electron chi connectivity index (χ1n) is 5.42. The third-order valence-electron chi connectivity index (χ3n) is 2.58. The lowest BCUT2D eigenvalue weighted by atomic mass is 10.1. The van der Waals surface area contributed by atoms with E-state index >= 15 is 0 Å². The van der Waals surface area contributed by atoms with Gasteiger partial charge in [0.15, 0.2) is 0 Å². The molecule has 3 nitrogen and oxygen atoms in total. The number of benzene rings is 1. The number of thiazole rings is 1. The van der Waals surface area contributed by atoms with Gasteiger partial charge >= 0.3 is 5.97 Å². The summed E-state index contributed by atoms with van der Waals surface area (Å²) in [7, 11) is 0. The van der Waals surface area contributed by atoms with Gasteiger partial charge in [-0.1, -0.05) is 17.7 Å². The van der Waals surface area contributed by atoms with Gasteiger partial charge in [0.1, 0.15) is 9.61 Å². The lowest BCUT2D eigenvalue weighted by molar-refractivity contribution is -0.136. The van der Waals surface area contributed by atoms with E-state index in [2.05, 4.69) is 39.1 Å². The number of nitrogens with zero attached hydrogens (tertiary/aromatic N) is 1. The van der Waals surface area contributed by atoms with Crippen molar-refractivity contribution in [3.05, 3.63) is 38.8 Å². The molecule has 0 fully saturated rings. The first kappa shape index (κ1) is 13.2. The number of carbonyl (C=O) groups is 1. The topological polar surface area (TPSA) is 50.2 Å². The Morgan fingerprint density at radius 2 is 2.17 bits per heavy atom. The normalized spacial score (nSPS) is 10.6. The van der Waals surface area contributed by atoms with E-state index in [1.54, 1.807) is 0 Å². The first-order chi connectivity index (χ1) is 8.47. The van der Waals surface area contributed by atoms with Crippen LogP contribution in [0.3, 0.4) is 0 Å². The minimum Gasteiger partial charge on any atom is -0.481 e. The molecular weight excluding hydrogens is 314 g/mol. The summed E-state index contributed by atoms with van der Waals surface area (Å²) in [6.45, 7) is 4.06. The third kappa shape index (κ3) is 2.79. The van der Waals surface area contributed by atoms with Crippen LogP contribution in [0.2, 0.25) is 0 Å². The van der Waals surface area contributed by atoms with Gasteiger partial charge in [-0.05, 0) is 41.4 Å². The molecule has 0 spiro atoms. The number of aliphatic carboxylic acids is 1. The van der Waals surface area contributed by atoms with Crippen molar-refractivity contribution < 1.29 is 9.90 Å². The van der Waals surface area contributed by atoms with E-state index in [9.17, 15) is 4.79 Å². The lowest BCUT2D eigenvalue weighted by Gasteiger charge is -2.03. The minimum atomic E-state index is -0.841. The molecule has 1 N–H and O–H groups in total. The third-order valence-corrected chi connectivity index (χ3v) is 4.59. The quantitative estimate of drug-likeness (QED) is 0.933. The maximum Gasteiger partial charge on any atom is 0.308 e. The van der Waals surface area contributed by atoms with E-state index in [0.29, 0.717) is 4.60 Å². The van der Waals surface area contributed by atoms with E-state index in [0.717, 1.165) is 21.0 Å². The van der Waals surface area contributed by atoms with E-state index in [-0.39, 0.29) is 6.42 Å². The highest BCUT2D eigenvalue weighted by atomic mass is 79.9. The molecule has 0 amide bonds. The van der Waals surface area contributed by atoms with Crippen molar-refractivity contribution in [1.82, 2.24) is 4.98 Å². The van der Waals surface area contributed by atoms with Gasteiger partial charge in [0.2, 0.25) is 0 Å². The Labute approximate surface area is 118 Å². The maximum atomic E-state index is 10.7. The van der Waals surface area contributed by atoms with Gasteiger partial charge < -0.3 is 5.11 Å².